The van der Waals surface area contributed by atoms with Crippen molar-refractivity contribution in [3.05, 3.63) is 71.7 Å². The minimum absolute atomic E-state index is 0.0259. The summed E-state index contributed by atoms with van der Waals surface area (Å²) in [6.07, 6.45) is 0.638. The van der Waals surface area contributed by atoms with Gasteiger partial charge in [-0.25, -0.2) is 9.36 Å². The fraction of sp³-hybridized carbons (Fsp3) is 0.333. The van der Waals surface area contributed by atoms with Crippen LogP contribution < -0.4 is 10.5 Å². The van der Waals surface area contributed by atoms with Crippen molar-refractivity contribution in [1.29, 1.82) is 0 Å². The average Bonchev–Trinajstić information content (AvgIpc) is 3.47. The van der Waals surface area contributed by atoms with E-state index >= 15 is 0 Å². The highest BCUT2D eigenvalue weighted by molar-refractivity contribution is 5.85. The fourth-order valence-electron chi connectivity index (χ4n) is 4.09. The summed E-state index contributed by atoms with van der Waals surface area (Å²) < 4.78 is 53.8. The average molecular weight is 471 g/mol. The van der Waals surface area contributed by atoms with Crippen molar-refractivity contribution in [2.75, 3.05) is 6.61 Å². The number of hydrogen-bond acceptors (Lipinski definition) is 5. The van der Waals surface area contributed by atoms with E-state index in [1.165, 1.54) is 12.1 Å². The van der Waals surface area contributed by atoms with Gasteiger partial charge in [-0.3, -0.25) is 0 Å². The number of nitrogens with zero attached hydrogens (tertiary/aromatic N) is 4. The van der Waals surface area contributed by atoms with Crippen LogP contribution in [0.2, 0.25) is 0 Å². The standard InChI is InChI=1S/C24H24F3N5O2/c25-24(26,27)16-4-6-18(7-5-16)32-22-9-8-19(13-20(22)21(14-28)30-32)34-15-17-10-11-31(29-17)23-3-1-2-12-33-23/h4-11,13,23H,1-3,12,14-15,28H2. The lowest BCUT2D eigenvalue weighted by atomic mass is 10.2. The van der Waals surface area contributed by atoms with E-state index in [0.29, 0.717) is 17.1 Å². The quantitative estimate of drug-likeness (QED) is 0.429. The predicted octanol–water partition coefficient (Wildman–Crippen LogP) is 4.98. The largest absolute Gasteiger partial charge is 0.487 e. The molecular formula is C24H24F3N5O2. The summed E-state index contributed by atoms with van der Waals surface area (Å²) in [5.74, 6) is 0.623. The lowest BCUT2D eigenvalue weighted by Crippen LogP contribution is -2.18. The molecule has 2 aromatic heterocycles. The second-order valence-corrected chi connectivity index (χ2v) is 8.18. The third kappa shape index (κ3) is 4.51. The molecular weight excluding hydrogens is 447 g/mol. The summed E-state index contributed by atoms with van der Waals surface area (Å²) in [7, 11) is 0. The SMILES string of the molecule is NCc1nn(-c2ccc(C(F)(F)F)cc2)c2ccc(OCc3ccn(C4CCCCO4)n3)cc12. The molecule has 1 atom stereocenters. The van der Waals surface area contributed by atoms with Crippen molar-refractivity contribution in [3.8, 4) is 11.4 Å². The third-order valence-corrected chi connectivity index (χ3v) is 5.86. The summed E-state index contributed by atoms with van der Waals surface area (Å²) in [6, 6.07) is 12.2. The molecule has 2 aromatic carbocycles. The minimum atomic E-state index is -4.39. The summed E-state index contributed by atoms with van der Waals surface area (Å²) in [6.45, 7) is 1.22. The van der Waals surface area contributed by atoms with E-state index in [4.69, 9.17) is 15.2 Å². The number of benzene rings is 2. The van der Waals surface area contributed by atoms with Crippen molar-refractivity contribution in [2.24, 2.45) is 5.73 Å². The normalized spacial score (nSPS) is 16.8. The number of aromatic nitrogens is 4. The first-order chi connectivity index (χ1) is 16.4. The number of ether oxygens (including phenoxy) is 2. The Morgan fingerprint density at radius 3 is 2.59 bits per heavy atom. The maximum Gasteiger partial charge on any atom is 0.416 e. The number of hydrogen-bond donors (Lipinski definition) is 1. The first-order valence-corrected chi connectivity index (χ1v) is 11.1. The molecule has 1 saturated heterocycles. The number of nitrogens with two attached hydrogens (primary N) is 1. The summed E-state index contributed by atoms with van der Waals surface area (Å²) in [5.41, 5.74) is 7.83. The first kappa shape index (κ1) is 22.4. The van der Waals surface area contributed by atoms with Gasteiger partial charge in [0.15, 0.2) is 0 Å². The molecule has 1 unspecified atom stereocenters. The van der Waals surface area contributed by atoms with Gasteiger partial charge < -0.3 is 15.2 Å². The predicted molar refractivity (Wildman–Crippen MR) is 119 cm³/mol. The molecule has 0 aliphatic carbocycles. The van der Waals surface area contributed by atoms with Crippen LogP contribution in [-0.2, 0) is 24.1 Å². The van der Waals surface area contributed by atoms with Gasteiger partial charge in [-0.2, -0.15) is 23.4 Å². The van der Waals surface area contributed by atoms with Crippen LogP contribution in [0.3, 0.4) is 0 Å². The highest BCUT2D eigenvalue weighted by Gasteiger charge is 2.30. The Bertz CT molecular complexity index is 1270. The van der Waals surface area contributed by atoms with Crippen molar-refractivity contribution in [3.63, 3.8) is 0 Å². The maximum absolute atomic E-state index is 12.9. The summed E-state index contributed by atoms with van der Waals surface area (Å²) >= 11 is 0. The topological polar surface area (TPSA) is 80.1 Å². The van der Waals surface area contributed by atoms with E-state index in [-0.39, 0.29) is 19.4 Å². The van der Waals surface area contributed by atoms with Gasteiger partial charge in [0.1, 0.15) is 18.6 Å². The van der Waals surface area contributed by atoms with Crippen molar-refractivity contribution >= 4 is 10.9 Å². The molecule has 4 aromatic rings. The van der Waals surface area contributed by atoms with Gasteiger partial charge in [0.05, 0.1) is 28.2 Å². The Balaban J connectivity index is 1.35. The van der Waals surface area contributed by atoms with E-state index in [9.17, 15) is 13.2 Å². The van der Waals surface area contributed by atoms with Crippen LogP contribution in [0.5, 0.6) is 5.75 Å². The zero-order valence-electron chi connectivity index (χ0n) is 18.3. The van der Waals surface area contributed by atoms with Gasteiger partial charge in [0.25, 0.3) is 0 Å². The molecule has 0 bridgehead atoms. The second-order valence-electron chi connectivity index (χ2n) is 8.18. The van der Waals surface area contributed by atoms with Crippen LogP contribution >= 0.6 is 0 Å². The van der Waals surface area contributed by atoms with E-state index < -0.39 is 11.7 Å². The van der Waals surface area contributed by atoms with Crippen molar-refractivity contribution < 1.29 is 22.6 Å². The molecule has 178 valence electrons. The van der Waals surface area contributed by atoms with Crippen molar-refractivity contribution in [2.45, 2.75) is 44.8 Å². The lowest BCUT2D eigenvalue weighted by Gasteiger charge is -2.22. The maximum atomic E-state index is 12.9. The minimum Gasteiger partial charge on any atom is -0.487 e. The number of alkyl halides is 3. The van der Waals surface area contributed by atoms with Crippen LogP contribution in [0.15, 0.2) is 54.7 Å². The smallest absolute Gasteiger partial charge is 0.416 e. The Kier molecular flexibility index (Phi) is 6.01. The Morgan fingerprint density at radius 1 is 1.06 bits per heavy atom. The molecule has 0 spiro atoms. The van der Waals surface area contributed by atoms with Crippen LogP contribution in [0.4, 0.5) is 13.2 Å². The second kappa shape index (κ2) is 9.11. The molecule has 7 nitrogen and oxygen atoms in total. The molecule has 1 aliphatic rings. The first-order valence-electron chi connectivity index (χ1n) is 11.1. The molecule has 34 heavy (non-hydrogen) atoms. The van der Waals surface area contributed by atoms with Crippen LogP contribution in [0.1, 0.15) is 42.4 Å². The third-order valence-electron chi connectivity index (χ3n) is 5.86. The van der Waals surface area contributed by atoms with Gasteiger partial charge in [-0.05, 0) is 67.8 Å². The zero-order valence-corrected chi connectivity index (χ0v) is 18.3. The Labute approximate surface area is 193 Å². The zero-order chi connectivity index (χ0) is 23.7. The molecule has 5 rings (SSSR count). The molecule has 2 N–H and O–H groups in total. The van der Waals surface area contributed by atoms with E-state index in [1.54, 1.807) is 10.7 Å². The van der Waals surface area contributed by atoms with Gasteiger partial charge in [0.2, 0.25) is 0 Å². The van der Waals surface area contributed by atoms with Crippen LogP contribution in [-0.4, -0.2) is 26.2 Å². The number of rotatable bonds is 6. The summed E-state index contributed by atoms with van der Waals surface area (Å²) in [4.78, 5) is 0. The Hall–Kier alpha value is -3.37. The highest BCUT2D eigenvalue weighted by Crippen LogP contribution is 2.31. The van der Waals surface area contributed by atoms with Crippen molar-refractivity contribution in [1.82, 2.24) is 19.6 Å². The molecule has 1 aliphatic heterocycles. The summed E-state index contributed by atoms with van der Waals surface area (Å²) in [5, 5.41) is 9.85. The van der Waals surface area contributed by atoms with Gasteiger partial charge in [-0.1, -0.05) is 0 Å². The molecule has 0 radical (unpaired) electrons. The lowest BCUT2D eigenvalue weighted by molar-refractivity contribution is -0.137. The van der Waals surface area contributed by atoms with Crippen LogP contribution in [0, 0.1) is 0 Å². The van der Waals surface area contributed by atoms with Gasteiger partial charge in [0, 0.05) is 24.7 Å². The van der Waals surface area contributed by atoms with Crippen LogP contribution in [0.25, 0.3) is 16.6 Å². The molecule has 0 amide bonds. The molecule has 1 fully saturated rings. The van der Waals surface area contributed by atoms with E-state index in [0.717, 1.165) is 54.6 Å². The number of fused-ring (bicyclic) bond motifs is 1. The number of halogens is 3. The molecule has 3 heterocycles. The fourth-order valence-corrected chi connectivity index (χ4v) is 4.09. The monoisotopic (exact) mass is 471 g/mol. The molecule has 0 saturated carbocycles. The van der Waals surface area contributed by atoms with Gasteiger partial charge >= 0.3 is 6.18 Å². The van der Waals surface area contributed by atoms with E-state index in [2.05, 4.69) is 10.2 Å². The van der Waals surface area contributed by atoms with E-state index in [1.807, 2.05) is 29.1 Å². The highest BCUT2D eigenvalue weighted by atomic mass is 19.4. The Morgan fingerprint density at radius 2 is 1.88 bits per heavy atom. The molecule has 10 heteroatoms. The van der Waals surface area contributed by atoms with Gasteiger partial charge in [-0.15, -0.1) is 0 Å².